The molecule has 0 spiro atoms. The first-order valence-corrected chi connectivity index (χ1v) is 10.2. The van der Waals surface area contributed by atoms with Gasteiger partial charge in [-0.15, -0.1) is 0 Å². The topological polar surface area (TPSA) is 77.8 Å². The third-order valence-electron chi connectivity index (χ3n) is 4.42. The normalized spacial score (nSPS) is 19.0. The lowest BCUT2D eigenvalue weighted by molar-refractivity contribution is -0.137. The molecule has 1 fully saturated rings. The molecule has 2 rings (SSSR count). The Hall–Kier alpha value is -1.79. The Kier molecular flexibility index (Phi) is 8.71. The van der Waals surface area contributed by atoms with Crippen molar-refractivity contribution in [3.8, 4) is 0 Å². The molecule has 0 radical (unpaired) electrons. The van der Waals surface area contributed by atoms with E-state index in [4.69, 9.17) is 5.11 Å². The van der Waals surface area contributed by atoms with Crippen LogP contribution in [0.3, 0.4) is 0 Å². The first-order valence-electron chi connectivity index (χ1n) is 9.08. The predicted molar refractivity (Wildman–Crippen MR) is 104 cm³/mol. The van der Waals surface area contributed by atoms with Gasteiger partial charge in [-0.05, 0) is 30.6 Å². The van der Waals surface area contributed by atoms with Gasteiger partial charge in [0.1, 0.15) is 0 Å². The number of hydrogen-bond acceptors (Lipinski definition) is 4. The highest BCUT2D eigenvalue weighted by atomic mass is 32.2. The summed E-state index contributed by atoms with van der Waals surface area (Å²) in [5, 5.41) is 18.9. The van der Waals surface area contributed by atoms with Gasteiger partial charge in [0, 0.05) is 25.1 Å². The third kappa shape index (κ3) is 6.84. The van der Waals surface area contributed by atoms with Crippen molar-refractivity contribution in [1.29, 1.82) is 0 Å². The van der Waals surface area contributed by atoms with E-state index in [2.05, 4.69) is 0 Å². The number of carbonyl (C=O) groups excluding carboxylic acids is 1. The number of carbonyl (C=O) groups is 2. The van der Waals surface area contributed by atoms with Gasteiger partial charge in [-0.3, -0.25) is 9.59 Å². The lowest BCUT2D eigenvalue weighted by atomic mass is 10.00. The molecule has 1 aliphatic heterocycles. The van der Waals surface area contributed by atoms with Crippen molar-refractivity contribution in [1.82, 2.24) is 4.90 Å². The number of amides is 1. The van der Waals surface area contributed by atoms with Gasteiger partial charge in [-0.1, -0.05) is 42.5 Å². The Morgan fingerprint density at radius 1 is 1.31 bits per heavy atom. The molecule has 1 aliphatic rings. The molecule has 1 unspecified atom stereocenters. The SMILES string of the molecule is O=C(O)CCCSCCN1C(=O)CCC[C@@H]1/C=C/C(O)c1ccccc1. The predicted octanol–water partition coefficient (Wildman–Crippen LogP) is 3.26. The monoisotopic (exact) mass is 377 g/mol. The van der Waals surface area contributed by atoms with Crippen LogP contribution < -0.4 is 0 Å². The van der Waals surface area contributed by atoms with Gasteiger partial charge in [0.05, 0.1) is 12.1 Å². The van der Waals surface area contributed by atoms with Crippen molar-refractivity contribution in [3.63, 3.8) is 0 Å². The van der Waals surface area contributed by atoms with Crippen LogP contribution in [0.25, 0.3) is 0 Å². The third-order valence-corrected chi connectivity index (χ3v) is 5.47. The standard InChI is InChI=1S/C20H27NO4S/c22-18(16-6-2-1-3-7-16)12-11-17-8-4-9-19(23)21(17)13-15-26-14-5-10-20(24)25/h1-3,6-7,11-12,17-18,22H,4-5,8-10,13-15H2,(H,24,25)/b12-11+/t17-,18?/m1/s1. The van der Waals surface area contributed by atoms with Crippen LogP contribution in [0.1, 0.15) is 43.8 Å². The molecule has 142 valence electrons. The minimum atomic E-state index is -0.765. The first kappa shape index (κ1) is 20.5. The van der Waals surface area contributed by atoms with E-state index in [-0.39, 0.29) is 18.4 Å². The van der Waals surface area contributed by atoms with E-state index >= 15 is 0 Å². The summed E-state index contributed by atoms with van der Waals surface area (Å²) in [5.74, 6) is 0.989. The maximum atomic E-state index is 12.3. The summed E-state index contributed by atoms with van der Waals surface area (Å²) in [6.45, 7) is 0.660. The number of benzene rings is 1. The number of nitrogens with zero attached hydrogens (tertiary/aromatic N) is 1. The summed E-state index contributed by atoms with van der Waals surface area (Å²) in [7, 11) is 0. The highest BCUT2D eigenvalue weighted by Gasteiger charge is 2.25. The molecule has 2 N–H and O–H groups in total. The Bertz CT molecular complexity index is 605. The number of rotatable bonds is 10. The van der Waals surface area contributed by atoms with Gasteiger partial charge in [-0.2, -0.15) is 11.8 Å². The summed E-state index contributed by atoms with van der Waals surface area (Å²) in [6.07, 6.45) is 6.26. The summed E-state index contributed by atoms with van der Waals surface area (Å²) in [4.78, 5) is 24.7. The number of carboxylic acids is 1. The molecule has 0 bridgehead atoms. The lowest BCUT2D eigenvalue weighted by Crippen LogP contribution is -2.43. The van der Waals surface area contributed by atoms with E-state index in [0.717, 1.165) is 29.9 Å². The van der Waals surface area contributed by atoms with E-state index in [1.807, 2.05) is 41.3 Å². The van der Waals surface area contributed by atoms with Gasteiger partial charge in [0.15, 0.2) is 0 Å². The van der Waals surface area contributed by atoms with E-state index in [1.165, 1.54) is 0 Å². The van der Waals surface area contributed by atoms with Crippen molar-refractivity contribution in [2.75, 3.05) is 18.1 Å². The number of hydrogen-bond donors (Lipinski definition) is 2. The molecule has 1 heterocycles. The van der Waals surface area contributed by atoms with Crippen molar-refractivity contribution < 1.29 is 19.8 Å². The Morgan fingerprint density at radius 2 is 2.08 bits per heavy atom. The molecule has 0 aliphatic carbocycles. The largest absolute Gasteiger partial charge is 0.481 e. The summed E-state index contributed by atoms with van der Waals surface area (Å²) in [5.41, 5.74) is 0.839. The van der Waals surface area contributed by atoms with Crippen LogP contribution in [0.5, 0.6) is 0 Å². The van der Waals surface area contributed by atoms with Gasteiger partial charge in [0.2, 0.25) is 5.91 Å². The Balaban J connectivity index is 1.83. The zero-order valence-electron chi connectivity index (χ0n) is 14.9. The van der Waals surface area contributed by atoms with Crippen LogP contribution in [0.2, 0.25) is 0 Å². The molecule has 1 aromatic carbocycles. The molecular formula is C20H27NO4S. The number of aliphatic carboxylic acids is 1. The molecule has 1 aromatic rings. The van der Waals surface area contributed by atoms with Crippen LogP contribution >= 0.6 is 11.8 Å². The molecule has 5 nitrogen and oxygen atoms in total. The second kappa shape index (κ2) is 11.0. The molecule has 0 saturated carbocycles. The van der Waals surface area contributed by atoms with Crippen molar-refractivity contribution in [3.05, 3.63) is 48.0 Å². The summed E-state index contributed by atoms with van der Waals surface area (Å²) in [6, 6.07) is 9.48. The number of likely N-dealkylation sites (tertiary alicyclic amines) is 1. The smallest absolute Gasteiger partial charge is 0.303 e. The second-order valence-corrected chi connectivity index (χ2v) is 7.62. The van der Waals surface area contributed by atoms with Crippen molar-refractivity contribution in [2.24, 2.45) is 0 Å². The molecule has 26 heavy (non-hydrogen) atoms. The molecule has 0 aromatic heterocycles. The lowest BCUT2D eigenvalue weighted by Gasteiger charge is -2.34. The fourth-order valence-corrected chi connectivity index (χ4v) is 3.90. The quantitative estimate of drug-likeness (QED) is 0.483. The van der Waals surface area contributed by atoms with Crippen molar-refractivity contribution in [2.45, 2.75) is 44.2 Å². The number of piperidine rings is 1. The fraction of sp³-hybridized carbons (Fsp3) is 0.500. The van der Waals surface area contributed by atoms with E-state index < -0.39 is 12.1 Å². The Labute approximate surface area is 159 Å². The maximum absolute atomic E-state index is 12.3. The van der Waals surface area contributed by atoms with Crippen LogP contribution in [-0.2, 0) is 9.59 Å². The van der Waals surface area contributed by atoms with Crippen molar-refractivity contribution >= 4 is 23.6 Å². The van der Waals surface area contributed by atoms with Crippen LogP contribution in [0, 0.1) is 0 Å². The summed E-state index contributed by atoms with van der Waals surface area (Å²) < 4.78 is 0. The summed E-state index contributed by atoms with van der Waals surface area (Å²) >= 11 is 1.68. The van der Waals surface area contributed by atoms with E-state index in [1.54, 1.807) is 17.8 Å². The molecule has 6 heteroatoms. The average Bonchev–Trinajstić information content (AvgIpc) is 2.64. The fourth-order valence-electron chi connectivity index (χ4n) is 3.02. The van der Waals surface area contributed by atoms with Gasteiger partial charge in [0.25, 0.3) is 0 Å². The first-order chi connectivity index (χ1) is 12.6. The van der Waals surface area contributed by atoms with E-state index in [0.29, 0.717) is 19.4 Å². The number of carboxylic acid groups (broad SMARTS) is 1. The molecule has 1 amide bonds. The minimum absolute atomic E-state index is 0.0224. The molecule has 1 saturated heterocycles. The molecular weight excluding hydrogens is 350 g/mol. The second-order valence-electron chi connectivity index (χ2n) is 6.40. The Morgan fingerprint density at radius 3 is 2.81 bits per heavy atom. The maximum Gasteiger partial charge on any atom is 0.303 e. The highest BCUT2D eigenvalue weighted by Crippen LogP contribution is 2.22. The zero-order chi connectivity index (χ0) is 18.8. The zero-order valence-corrected chi connectivity index (χ0v) is 15.7. The highest BCUT2D eigenvalue weighted by molar-refractivity contribution is 7.99. The number of thioether (sulfide) groups is 1. The van der Waals surface area contributed by atoms with Crippen LogP contribution in [-0.4, -0.2) is 51.1 Å². The minimum Gasteiger partial charge on any atom is -0.481 e. The van der Waals surface area contributed by atoms with Gasteiger partial charge >= 0.3 is 5.97 Å². The number of aliphatic hydroxyl groups is 1. The average molecular weight is 378 g/mol. The van der Waals surface area contributed by atoms with Gasteiger partial charge in [-0.25, -0.2) is 0 Å². The van der Waals surface area contributed by atoms with Crippen LogP contribution in [0.15, 0.2) is 42.5 Å². The van der Waals surface area contributed by atoms with E-state index in [9.17, 15) is 14.7 Å². The van der Waals surface area contributed by atoms with Crippen LogP contribution in [0.4, 0.5) is 0 Å². The molecule has 2 atom stereocenters. The van der Waals surface area contributed by atoms with Gasteiger partial charge < -0.3 is 15.1 Å². The number of aliphatic hydroxyl groups excluding tert-OH is 1.